The largest absolute Gasteiger partial charge is 0.468 e. The number of methoxy groups -OCH3 is 1. The van der Waals surface area contributed by atoms with Gasteiger partial charge in [0.25, 0.3) is 0 Å². The Morgan fingerprint density at radius 3 is 2.90 bits per heavy atom. The summed E-state index contributed by atoms with van der Waals surface area (Å²) in [5, 5.41) is 12.8. The molecule has 1 N–H and O–H groups in total. The Morgan fingerprint density at radius 1 is 1.80 bits per heavy atom. The van der Waals surface area contributed by atoms with Crippen molar-refractivity contribution in [1.29, 1.82) is 0 Å². The van der Waals surface area contributed by atoms with Gasteiger partial charge in [0.2, 0.25) is 0 Å². The molecule has 0 bridgehead atoms. The van der Waals surface area contributed by atoms with E-state index in [0.29, 0.717) is 13.0 Å². The molecule has 1 aliphatic heterocycles. The summed E-state index contributed by atoms with van der Waals surface area (Å²) in [6.45, 7) is 0.361. The first kappa shape index (κ1) is 7.50. The van der Waals surface area contributed by atoms with E-state index in [0.717, 1.165) is 0 Å². The van der Waals surface area contributed by atoms with E-state index in [1.165, 1.54) is 7.11 Å². The number of hydrogen-bond acceptors (Lipinski definition) is 3. The van der Waals surface area contributed by atoms with E-state index < -0.39 is 12.1 Å². The summed E-state index contributed by atoms with van der Waals surface area (Å²) in [6.07, 6.45) is -0.0451. The van der Waals surface area contributed by atoms with Crippen molar-refractivity contribution in [2.24, 2.45) is 0 Å². The van der Waals surface area contributed by atoms with Crippen molar-refractivity contribution in [2.45, 2.75) is 18.6 Å². The molecule has 0 aromatic heterocycles. The van der Waals surface area contributed by atoms with Crippen molar-refractivity contribution < 1.29 is 14.6 Å². The third-order valence-electron chi connectivity index (χ3n) is 1.51. The molecule has 2 unspecified atom stereocenters. The number of ether oxygens (including phenoxy) is 1. The van der Waals surface area contributed by atoms with Crippen LogP contribution in [0.3, 0.4) is 0 Å². The Morgan fingerprint density at radius 2 is 2.50 bits per heavy atom. The van der Waals surface area contributed by atoms with E-state index in [4.69, 9.17) is 5.11 Å². The van der Waals surface area contributed by atoms with Gasteiger partial charge in [-0.25, -0.2) is 5.32 Å². The summed E-state index contributed by atoms with van der Waals surface area (Å²) in [7, 11) is 1.32. The van der Waals surface area contributed by atoms with Crippen LogP contribution in [0.2, 0.25) is 0 Å². The number of aliphatic hydroxyl groups is 1. The van der Waals surface area contributed by atoms with Crippen molar-refractivity contribution in [1.82, 2.24) is 5.32 Å². The lowest BCUT2D eigenvalue weighted by Crippen LogP contribution is -2.26. The van der Waals surface area contributed by atoms with Crippen molar-refractivity contribution in [3.63, 3.8) is 0 Å². The van der Waals surface area contributed by atoms with Crippen LogP contribution in [0.25, 0.3) is 0 Å². The third-order valence-corrected chi connectivity index (χ3v) is 1.51. The number of carbonyl (C=O) groups is 1. The van der Waals surface area contributed by atoms with Gasteiger partial charge in [-0.1, -0.05) is 0 Å². The zero-order chi connectivity index (χ0) is 7.56. The van der Waals surface area contributed by atoms with Crippen molar-refractivity contribution in [2.75, 3.05) is 13.7 Å². The van der Waals surface area contributed by atoms with E-state index in [-0.39, 0.29) is 5.97 Å². The molecular formula is C6H10NO3. The summed E-state index contributed by atoms with van der Waals surface area (Å²) in [5.74, 6) is -0.350. The molecule has 0 saturated carbocycles. The van der Waals surface area contributed by atoms with E-state index >= 15 is 0 Å². The van der Waals surface area contributed by atoms with Crippen LogP contribution < -0.4 is 5.32 Å². The molecule has 4 nitrogen and oxygen atoms in total. The molecule has 2 atom stereocenters. The molecule has 0 amide bonds. The molecule has 10 heavy (non-hydrogen) atoms. The van der Waals surface area contributed by atoms with Crippen LogP contribution in [0.1, 0.15) is 6.42 Å². The van der Waals surface area contributed by atoms with Gasteiger partial charge in [0.15, 0.2) is 0 Å². The Balaban J connectivity index is 2.37. The SMILES string of the molecule is COC(=O)C1CC(O)C[N]1. The third kappa shape index (κ3) is 1.46. The standard InChI is InChI=1S/C6H10NO3/c1-10-6(9)5-2-4(8)3-7-5/h4-5,8H,2-3H2,1H3. The summed E-state index contributed by atoms with van der Waals surface area (Å²) < 4.78 is 4.44. The van der Waals surface area contributed by atoms with Crippen LogP contribution in [0.4, 0.5) is 0 Å². The van der Waals surface area contributed by atoms with Crippen LogP contribution in [-0.2, 0) is 9.53 Å². The lowest BCUT2D eigenvalue weighted by Gasteiger charge is -2.03. The molecule has 1 aliphatic rings. The van der Waals surface area contributed by atoms with Gasteiger partial charge < -0.3 is 9.84 Å². The number of rotatable bonds is 1. The Hall–Kier alpha value is -0.610. The number of carbonyl (C=O) groups excluding carboxylic acids is 1. The highest BCUT2D eigenvalue weighted by Crippen LogP contribution is 2.08. The highest BCUT2D eigenvalue weighted by molar-refractivity contribution is 5.76. The summed E-state index contributed by atoms with van der Waals surface area (Å²) in [6, 6.07) is -0.431. The second-order valence-electron chi connectivity index (χ2n) is 2.29. The van der Waals surface area contributed by atoms with Crippen molar-refractivity contribution in [3.05, 3.63) is 0 Å². The molecule has 1 saturated heterocycles. The molecular weight excluding hydrogens is 134 g/mol. The molecule has 0 spiro atoms. The molecule has 1 heterocycles. The number of esters is 1. The minimum absolute atomic E-state index is 0.350. The topological polar surface area (TPSA) is 60.6 Å². The Kier molecular flexibility index (Phi) is 2.24. The molecule has 57 valence electrons. The first-order chi connectivity index (χ1) is 4.74. The number of hydrogen-bond donors (Lipinski definition) is 1. The summed E-state index contributed by atoms with van der Waals surface area (Å²) in [4.78, 5) is 10.7. The van der Waals surface area contributed by atoms with Crippen LogP contribution >= 0.6 is 0 Å². The van der Waals surface area contributed by atoms with Gasteiger partial charge in [-0.05, 0) is 0 Å². The fourth-order valence-corrected chi connectivity index (χ4v) is 0.963. The maximum absolute atomic E-state index is 10.7. The Bertz CT molecular complexity index is 137. The molecule has 0 aromatic carbocycles. The monoisotopic (exact) mass is 144 g/mol. The van der Waals surface area contributed by atoms with Gasteiger partial charge in [-0.3, -0.25) is 4.79 Å². The van der Waals surface area contributed by atoms with Gasteiger partial charge in [0.1, 0.15) is 6.04 Å². The quantitative estimate of drug-likeness (QED) is 0.475. The van der Waals surface area contributed by atoms with Gasteiger partial charge in [0.05, 0.1) is 13.2 Å². The lowest BCUT2D eigenvalue weighted by molar-refractivity contribution is -0.142. The van der Waals surface area contributed by atoms with Gasteiger partial charge in [0, 0.05) is 13.0 Å². The predicted molar refractivity (Wildman–Crippen MR) is 33.4 cm³/mol. The lowest BCUT2D eigenvalue weighted by atomic mass is 10.2. The van der Waals surface area contributed by atoms with E-state index in [9.17, 15) is 4.79 Å². The minimum atomic E-state index is -0.455. The zero-order valence-corrected chi connectivity index (χ0v) is 5.78. The van der Waals surface area contributed by atoms with Crippen LogP contribution in [0.5, 0.6) is 0 Å². The van der Waals surface area contributed by atoms with E-state index in [1.54, 1.807) is 0 Å². The predicted octanol–water partition coefficient (Wildman–Crippen LogP) is -1.10. The summed E-state index contributed by atoms with van der Waals surface area (Å²) in [5.41, 5.74) is 0. The highest BCUT2D eigenvalue weighted by atomic mass is 16.5. The fourth-order valence-electron chi connectivity index (χ4n) is 0.963. The summed E-state index contributed by atoms with van der Waals surface area (Å²) >= 11 is 0. The molecule has 1 radical (unpaired) electrons. The van der Waals surface area contributed by atoms with E-state index in [1.807, 2.05) is 0 Å². The van der Waals surface area contributed by atoms with Gasteiger partial charge >= 0.3 is 5.97 Å². The molecule has 4 heteroatoms. The number of aliphatic hydroxyl groups excluding tert-OH is 1. The molecule has 0 aliphatic carbocycles. The Labute approximate surface area is 59.2 Å². The maximum Gasteiger partial charge on any atom is 0.324 e. The van der Waals surface area contributed by atoms with Crippen LogP contribution in [-0.4, -0.2) is 36.9 Å². The zero-order valence-electron chi connectivity index (χ0n) is 5.78. The van der Waals surface area contributed by atoms with Gasteiger partial charge in [-0.15, -0.1) is 0 Å². The van der Waals surface area contributed by atoms with Crippen molar-refractivity contribution >= 4 is 5.97 Å². The second kappa shape index (κ2) is 2.98. The normalized spacial score (nSPS) is 32.2. The average Bonchev–Trinajstić information content (AvgIpc) is 2.34. The minimum Gasteiger partial charge on any atom is -0.468 e. The fraction of sp³-hybridized carbons (Fsp3) is 0.833. The van der Waals surface area contributed by atoms with E-state index in [2.05, 4.69) is 10.1 Å². The van der Waals surface area contributed by atoms with Crippen LogP contribution in [0.15, 0.2) is 0 Å². The smallest absolute Gasteiger partial charge is 0.324 e. The maximum atomic E-state index is 10.7. The highest BCUT2D eigenvalue weighted by Gasteiger charge is 2.29. The molecule has 1 fully saturated rings. The van der Waals surface area contributed by atoms with Crippen molar-refractivity contribution in [3.8, 4) is 0 Å². The molecule has 1 rings (SSSR count). The first-order valence-electron chi connectivity index (χ1n) is 3.16. The second-order valence-corrected chi connectivity index (χ2v) is 2.29. The van der Waals surface area contributed by atoms with Crippen LogP contribution in [0, 0.1) is 0 Å². The molecule has 0 aromatic rings. The van der Waals surface area contributed by atoms with Gasteiger partial charge in [-0.2, -0.15) is 0 Å². The first-order valence-corrected chi connectivity index (χ1v) is 3.16. The number of nitrogens with zero attached hydrogens (tertiary/aromatic N) is 1. The average molecular weight is 144 g/mol.